The highest BCUT2D eigenvalue weighted by Crippen LogP contribution is 2.31. The molecule has 0 aliphatic carbocycles. The molecule has 1 rings (SSSR count). The normalized spacial score (nSPS) is 15.4. The summed E-state index contributed by atoms with van der Waals surface area (Å²) in [4.78, 5) is 0. The van der Waals surface area contributed by atoms with Crippen molar-refractivity contribution in [1.82, 2.24) is 10.2 Å². The Balaban J connectivity index is 2.43. The van der Waals surface area contributed by atoms with Crippen molar-refractivity contribution in [3.63, 3.8) is 0 Å². The first-order valence-corrected chi connectivity index (χ1v) is 7.33. The molecule has 0 radical (unpaired) electrons. The molecule has 2 atom stereocenters. The van der Waals surface area contributed by atoms with Crippen molar-refractivity contribution in [2.45, 2.75) is 40.2 Å². The molecule has 2 N–H and O–H groups in total. The second-order valence-corrected chi connectivity index (χ2v) is 6.90. The lowest BCUT2D eigenvalue weighted by molar-refractivity contribution is 0.662. The molecule has 1 heterocycles. The zero-order chi connectivity index (χ0) is 10.6. The molecule has 14 heavy (non-hydrogen) atoms. The van der Waals surface area contributed by atoms with Crippen LogP contribution >= 0.6 is 34.9 Å². The fourth-order valence-corrected chi connectivity index (χ4v) is 3.99. The topological polar surface area (TPSA) is 51.8 Å². The Morgan fingerprint density at radius 3 is 2.50 bits per heavy atom. The molecule has 1 aromatic rings. The number of thioether (sulfide) groups is 2. The number of aromatic nitrogens is 2. The lowest BCUT2D eigenvalue weighted by atomic mass is 10.2. The third kappa shape index (κ3) is 4.16. The van der Waals surface area contributed by atoms with Gasteiger partial charge in [-0.15, -0.1) is 10.2 Å². The minimum absolute atomic E-state index is 0.255. The second-order valence-electron chi connectivity index (χ2n) is 3.18. The quantitative estimate of drug-likeness (QED) is 0.813. The molecular weight excluding hydrogens is 234 g/mol. The van der Waals surface area contributed by atoms with Gasteiger partial charge >= 0.3 is 0 Å². The summed E-state index contributed by atoms with van der Waals surface area (Å²) in [5, 5.41) is 8.66. The first-order valence-electron chi connectivity index (χ1n) is 4.41. The summed E-state index contributed by atoms with van der Waals surface area (Å²) in [5.74, 6) is 0. The van der Waals surface area contributed by atoms with E-state index in [0.29, 0.717) is 5.25 Å². The highest BCUT2D eigenvalue weighted by Gasteiger charge is 2.10. The van der Waals surface area contributed by atoms with E-state index < -0.39 is 0 Å². The Labute approximate surface area is 97.3 Å². The number of hydrogen-bond donors (Lipinski definition) is 1. The van der Waals surface area contributed by atoms with Crippen LogP contribution in [0.4, 0.5) is 0 Å². The van der Waals surface area contributed by atoms with Crippen LogP contribution in [0.5, 0.6) is 0 Å². The van der Waals surface area contributed by atoms with Crippen molar-refractivity contribution in [2.75, 3.05) is 6.26 Å². The van der Waals surface area contributed by atoms with E-state index in [1.165, 1.54) is 0 Å². The van der Waals surface area contributed by atoms with E-state index >= 15 is 0 Å². The Hall–Kier alpha value is 0.220. The molecule has 0 aromatic carbocycles. The highest BCUT2D eigenvalue weighted by atomic mass is 32.2. The molecule has 0 amide bonds. The smallest absolute Gasteiger partial charge is 0.175 e. The minimum Gasteiger partial charge on any atom is -0.328 e. The molecule has 80 valence electrons. The largest absolute Gasteiger partial charge is 0.328 e. The molecule has 0 aliphatic heterocycles. The van der Waals surface area contributed by atoms with E-state index in [2.05, 4.69) is 17.1 Å². The van der Waals surface area contributed by atoms with Crippen LogP contribution in [-0.4, -0.2) is 27.7 Å². The Bertz CT molecular complexity index is 275. The van der Waals surface area contributed by atoms with Gasteiger partial charge < -0.3 is 5.73 Å². The maximum absolute atomic E-state index is 5.73. The zero-order valence-electron chi connectivity index (χ0n) is 8.56. The fourth-order valence-electron chi connectivity index (χ4n) is 1.07. The van der Waals surface area contributed by atoms with Crippen LogP contribution in [0.3, 0.4) is 0 Å². The SMILES string of the molecule is CSc1nnc(SC(C)CC(C)N)s1. The minimum atomic E-state index is 0.255. The molecule has 0 saturated carbocycles. The predicted octanol–water partition coefficient (Wildman–Crippen LogP) is 2.48. The van der Waals surface area contributed by atoms with Gasteiger partial charge in [-0.1, -0.05) is 41.8 Å². The monoisotopic (exact) mass is 249 g/mol. The van der Waals surface area contributed by atoms with E-state index in [0.717, 1.165) is 15.1 Å². The molecule has 3 nitrogen and oxygen atoms in total. The van der Waals surface area contributed by atoms with Gasteiger partial charge in [0.2, 0.25) is 0 Å². The van der Waals surface area contributed by atoms with Crippen molar-refractivity contribution in [1.29, 1.82) is 0 Å². The van der Waals surface area contributed by atoms with Gasteiger partial charge in [0.1, 0.15) is 0 Å². The van der Waals surface area contributed by atoms with E-state index in [-0.39, 0.29) is 6.04 Å². The van der Waals surface area contributed by atoms with E-state index in [1.54, 1.807) is 34.9 Å². The number of nitrogens with two attached hydrogens (primary N) is 1. The van der Waals surface area contributed by atoms with Crippen LogP contribution in [0.1, 0.15) is 20.3 Å². The van der Waals surface area contributed by atoms with Crippen LogP contribution in [0, 0.1) is 0 Å². The van der Waals surface area contributed by atoms with Crippen molar-refractivity contribution in [3.8, 4) is 0 Å². The molecule has 0 bridgehead atoms. The summed E-state index contributed by atoms with van der Waals surface area (Å²) in [7, 11) is 0. The fraction of sp³-hybridized carbons (Fsp3) is 0.750. The number of hydrogen-bond acceptors (Lipinski definition) is 6. The molecule has 0 saturated heterocycles. The van der Waals surface area contributed by atoms with Gasteiger partial charge in [-0.3, -0.25) is 0 Å². The van der Waals surface area contributed by atoms with Gasteiger partial charge in [0.25, 0.3) is 0 Å². The molecule has 0 spiro atoms. The summed E-state index contributed by atoms with van der Waals surface area (Å²) >= 11 is 5.05. The zero-order valence-corrected chi connectivity index (χ0v) is 11.0. The van der Waals surface area contributed by atoms with E-state index in [1.807, 2.05) is 13.2 Å². The number of rotatable bonds is 5. The summed E-state index contributed by atoms with van der Waals surface area (Å²) in [5.41, 5.74) is 5.73. The predicted molar refractivity (Wildman–Crippen MR) is 65.3 cm³/mol. The Morgan fingerprint density at radius 2 is 2.00 bits per heavy atom. The van der Waals surface area contributed by atoms with Crippen LogP contribution in [0.15, 0.2) is 8.68 Å². The second kappa shape index (κ2) is 5.95. The lowest BCUT2D eigenvalue weighted by Crippen LogP contribution is -2.19. The van der Waals surface area contributed by atoms with Gasteiger partial charge in [-0.05, 0) is 19.6 Å². The van der Waals surface area contributed by atoms with E-state index in [4.69, 9.17) is 5.73 Å². The summed E-state index contributed by atoms with van der Waals surface area (Å²) in [6, 6.07) is 0.255. The van der Waals surface area contributed by atoms with Crippen LogP contribution in [0.25, 0.3) is 0 Å². The molecule has 1 aromatic heterocycles. The van der Waals surface area contributed by atoms with Gasteiger partial charge in [-0.2, -0.15) is 0 Å². The van der Waals surface area contributed by atoms with Crippen molar-refractivity contribution >= 4 is 34.9 Å². The Morgan fingerprint density at radius 1 is 1.36 bits per heavy atom. The molecule has 2 unspecified atom stereocenters. The third-order valence-electron chi connectivity index (χ3n) is 1.57. The molecule has 6 heteroatoms. The molecular formula is C8H15N3S3. The maximum Gasteiger partial charge on any atom is 0.175 e. The van der Waals surface area contributed by atoms with Crippen LogP contribution in [-0.2, 0) is 0 Å². The van der Waals surface area contributed by atoms with E-state index in [9.17, 15) is 0 Å². The van der Waals surface area contributed by atoms with Gasteiger partial charge in [0.05, 0.1) is 0 Å². The third-order valence-corrected chi connectivity index (χ3v) is 4.68. The maximum atomic E-state index is 5.73. The van der Waals surface area contributed by atoms with Crippen LogP contribution < -0.4 is 5.73 Å². The van der Waals surface area contributed by atoms with Crippen molar-refractivity contribution in [2.24, 2.45) is 5.73 Å². The van der Waals surface area contributed by atoms with Crippen LogP contribution in [0.2, 0.25) is 0 Å². The summed E-state index contributed by atoms with van der Waals surface area (Å²) in [6.45, 7) is 4.21. The molecule has 0 fully saturated rings. The molecule has 0 aliphatic rings. The standard InChI is InChI=1S/C8H15N3S3/c1-5(9)4-6(2)13-8-11-10-7(12-3)14-8/h5-6H,4,9H2,1-3H3. The first-order chi connectivity index (χ1) is 6.61. The van der Waals surface area contributed by atoms with Gasteiger partial charge in [-0.25, -0.2) is 0 Å². The average Bonchev–Trinajstić information content (AvgIpc) is 2.50. The number of nitrogens with zero attached hydrogens (tertiary/aromatic N) is 2. The summed E-state index contributed by atoms with van der Waals surface area (Å²) in [6.07, 6.45) is 3.03. The summed E-state index contributed by atoms with van der Waals surface area (Å²) < 4.78 is 2.07. The van der Waals surface area contributed by atoms with Gasteiger partial charge in [0, 0.05) is 11.3 Å². The first kappa shape index (κ1) is 12.3. The highest BCUT2D eigenvalue weighted by molar-refractivity contribution is 8.03. The lowest BCUT2D eigenvalue weighted by Gasteiger charge is -2.10. The van der Waals surface area contributed by atoms with Gasteiger partial charge in [0.15, 0.2) is 8.68 Å². The van der Waals surface area contributed by atoms with Crippen molar-refractivity contribution in [3.05, 3.63) is 0 Å². The van der Waals surface area contributed by atoms with Crippen molar-refractivity contribution < 1.29 is 0 Å². The average molecular weight is 249 g/mol. The Kier molecular flexibility index (Phi) is 5.22.